The van der Waals surface area contributed by atoms with Gasteiger partial charge in [-0.15, -0.1) is 11.3 Å². The molecule has 0 saturated carbocycles. The van der Waals surface area contributed by atoms with Gasteiger partial charge in [-0.1, -0.05) is 18.2 Å². The number of nitrogen functional groups attached to an aromatic ring is 1. The van der Waals surface area contributed by atoms with Crippen molar-refractivity contribution in [2.75, 3.05) is 12.8 Å². The Bertz CT molecular complexity index is 980. The van der Waals surface area contributed by atoms with E-state index in [0.29, 0.717) is 0 Å². The number of anilines is 1. The third-order valence-corrected chi connectivity index (χ3v) is 5.41. The van der Waals surface area contributed by atoms with Crippen molar-refractivity contribution in [1.82, 2.24) is 4.57 Å². The fraction of sp³-hybridized carbons (Fsp3) is 0.158. The van der Waals surface area contributed by atoms with Crippen molar-refractivity contribution in [3.05, 3.63) is 48.5 Å². The summed E-state index contributed by atoms with van der Waals surface area (Å²) in [4.78, 5) is 1.21. The van der Waals surface area contributed by atoms with Crippen LogP contribution in [0.1, 0.15) is 6.92 Å². The summed E-state index contributed by atoms with van der Waals surface area (Å²) in [6.45, 7) is 3.01. The van der Waals surface area contributed by atoms with Crippen LogP contribution in [-0.4, -0.2) is 11.7 Å². The molecule has 4 aromatic rings. The van der Waals surface area contributed by atoms with Crippen molar-refractivity contribution >= 4 is 38.0 Å². The highest BCUT2D eigenvalue weighted by atomic mass is 32.1. The maximum Gasteiger partial charge on any atom is 0.120 e. The van der Waals surface area contributed by atoms with Gasteiger partial charge in [0.15, 0.2) is 0 Å². The zero-order chi connectivity index (χ0) is 16.0. The Morgan fingerprint density at radius 1 is 1.13 bits per heavy atom. The molecule has 0 saturated heterocycles. The molecule has 0 aliphatic rings. The van der Waals surface area contributed by atoms with Gasteiger partial charge in [-0.05, 0) is 36.6 Å². The zero-order valence-corrected chi connectivity index (χ0v) is 14.0. The zero-order valence-electron chi connectivity index (χ0n) is 13.2. The second-order valence-corrected chi connectivity index (χ2v) is 6.62. The van der Waals surface area contributed by atoms with Crippen LogP contribution in [0.3, 0.4) is 0 Å². The first-order chi connectivity index (χ1) is 11.2. The molecule has 0 aliphatic carbocycles. The molecular weight excluding hydrogens is 304 g/mol. The van der Waals surface area contributed by atoms with Crippen molar-refractivity contribution < 1.29 is 4.74 Å². The van der Waals surface area contributed by atoms with Crippen molar-refractivity contribution in [3.8, 4) is 16.3 Å². The Hall–Kier alpha value is -2.46. The molecule has 0 radical (unpaired) electrons. The fourth-order valence-corrected chi connectivity index (χ4v) is 4.31. The molecule has 0 amide bonds. The number of nitrogens with zero attached hydrogens (tertiary/aromatic N) is 1. The summed E-state index contributed by atoms with van der Waals surface area (Å²) in [7, 11) is 1.69. The lowest BCUT2D eigenvalue weighted by Crippen LogP contribution is -1.97. The van der Waals surface area contributed by atoms with Crippen molar-refractivity contribution in [2.24, 2.45) is 0 Å². The Balaban J connectivity index is 2.03. The molecule has 2 N–H and O–H groups in total. The molecule has 0 atom stereocenters. The number of benzene rings is 2. The molecule has 23 heavy (non-hydrogen) atoms. The first-order valence-electron chi connectivity index (χ1n) is 7.67. The molecule has 0 unspecified atom stereocenters. The second kappa shape index (κ2) is 5.32. The minimum absolute atomic E-state index is 0.844. The summed E-state index contributed by atoms with van der Waals surface area (Å²) < 4.78 is 8.93. The molecular formula is C19H18N2OS. The quantitative estimate of drug-likeness (QED) is 0.568. The van der Waals surface area contributed by atoms with Crippen LogP contribution in [0, 0.1) is 0 Å². The predicted molar refractivity (Wildman–Crippen MR) is 99.4 cm³/mol. The third-order valence-electron chi connectivity index (χ3n) is 4.29. The van der Waals surface area contributed by atoms with Gasteiger partial charge in [-0.25, -0.2) is 0 Å². The fourth-order valence-electron chi connectivity index (χ4n) is 3.18. The maximum absolute atomic E-state index is 6.51. The number of hydrogen-bond acceptors (Lipinski definition) is 3. The summed E-state index contributed by atoms with van der Waals surface area (Å²) in [5.74, 6) is 0.854. The van der Waals surface area contributed by atoms with Crippen LogP contribution in [0.2, 0.25) is 0 Å². The van der Waals surface area contributed by atoms with Gasteiger partial charge in [-0.3, -0.25) is 0 Å². The van der Waals surface area contributed by atoms with Gasteiger partial charge in [0.2, 0.25) is 0 Å². The van der Waals surface area contributed by atoms with Gasteiger partial charge in [0.1, 0.15) is 5.75 Å². The van der Waals surface area contributed by atoms with Gasteiger partial charge < -0.3 is 15.0 Å². The number of hydrogen-bond donors (Lipinski definition) is 1. The topological polar surface area (TPSA) is 40.2 Å². The first kappa shape index (κ1) is 14.2. The van der Waals surface area contributed by atoms with Crippen molar-refractivity contribution in [1.29, 1.82) is 0 Å². The van der Waals surface area contributed by atoms with Crippen LogP contribution < -0.4 is 10.5 Å². The minimum Gasteiger partial charge on any atom is -0.497 e. The number of fused-ring (bicyclic) bond motifs is 2. The van der Waals surface area contributed by atoms with Gasteiger partial charge in [-0.2, -0.15) is 0 Å². The normalized spacial score (nSPS) is 11.4. The highest BCUT2D eigenvalue weighted by molar-refractivity contribution is 7.22. The number of thiophene rings is 1. The van der Waals surface area contributed by atoms with E-state index in [2.05, 4.69) is 47.9 Å². The average molecular weight is 322 g/mol. The van der Waals surface area contributed by atoms with Crippen LogP contribution >= 0.6 is 11.3 Å². The summed E-state index contributed by atoms with van der Waals surface area (Å²) in [5.41, 5.74) is 9.58. The summed E-state index contributed by atoms with van der Waals surface area (Å²) in [6, 6.07) is 16.8. The standard InChI is InChI=1S/C19H18N2OS/c1-3-21-15-11-13(22-2)8-9-14(15)18(20)19(21)17-10-12-6-4-5-7-16(12)23-17/h4-11H,3,20H2,1-2H3. The minimum atomic E-state index is 0.844. The molecule has 0 spiro atoms. The second-order valence-electron chi connectivity index (χ2n) is 5.54. The van der Waals surface area contributed by atoms with Crippen LogP contribution in [0.4, 0.5) is 5.69 Å². The van der Waals surface area contributed by atoms with Crippen molar-refractivity contribution in [2.45, 2.75) is 13.5 Å². The van der Waals surface area contributed by atoms with E-state index >= 15 is 0 Å². The Kier molecular flexibility index (Phi) is 3.27. The van der Waals surface area contributed by atoms with Gasteiger partial charge in [0.25, 0.3) is 0 Å². The first-order valence-corrected chi connectivity index (χ1v) is 8.49. The third kappa shape index (κ3) is 2.10. The summed E-state index contributed by atoms with van der Waals surface area (Å²) in [6.07, 6.45) is 0. The monoisotopic (exact) mass is 322 g/mol. The van der Waals surface area contributed by atoms with Crippen LogP contribution in [0.15, 0.2) is 48.5 Å². The molecule has 3 nitrogen and oxygen atoms in total. The maximum atomic E-state index is 6.51. The van der Waals surface area contributed by atoms with E-state index in [0.717, 1.165) is 34.6 Å². The highest BCUT2D eigenvalue weighted by Gasteiger charge is 2.18. The molecule has 2 heterocycles. The number of aryl methyl sites for hydroxylation is 1. The molecule has 0 bridgehead atoms. The van der Waals surface area contributed by atoms with Gasteiger partial charge in [0, 0.05) is 22.7 Å². The lowest BCUT2D eigenvalue weighted by molar-refractivity contribution is 0.415. The largest absolute Gasteiger partial charge is 0.497 e. The highest BCUT2D eigenvalue weighted by Crippen LogP contribution is 2.42. The van der Waals surface area contributed by atoms with Crippen LogP contribution in [-0.2, 0) is 6.54 Å². The Labute approximate surface area is 138 Å². The summed E-state index contributed by atoms with van der Waals surface area (Å²) in [5, 5.41) is 2.34. The molecule has 0 aliphatic heterocycles. The predicted octanol–water partition coefficient (Wildman–Crippen LogP) is 5.13. The van der Waals surface area contributed by atoms with Gasteiger partial charge in [0.05, 0.1) is 28.9 Å². The molecule has 4 rings (SSSR count). The SMILES string of the molecule is CCn1c(-c2cc3ccccc3s2)c(N)c2ccc(OC)cc21. The number of nitrogens with two attached hydrogens (primary N) is 1. The molecule has 4 heteroatoms. The van der Waals surface area contributed by atoms with Crippen molar-refractivity contribution in [3.63, 3.8) is 0 Å². The smallest absolute Gasteiger partial charge is 0.120 e. The van der Waals surface area contributed by atoms with E-state index in [-0.39, 0.29) is 0 Å². The lowest BCUT2D eigenvalue weighted by Gasteiger charge is -2.07. The van der Waals surface area contributed by atoms with E-state index in [9.17, 15) is 0 Å². The van der Waals surface area contributed by atoms with Gasteiger partial charge >= 0.3 is 0 Å². The molecule has 0 fully saturated rings. The van der Waals surface area contributed by atoms with E-state index in [1.165, 1.54) is 15.0 Å². The van der Waals surface area contributed by atoms with E-state index in [1.54, 1.807) is 18.4 Å². The number of rotatable bonds is 3. The molecule has 2 aromatic carbocycles. The number of methoxy groups -OCH3 is 1. The van der Waals surface area contributed by atoms with E-state index in [4.69, 9.17) is 10.5 Å². The van der Waals surface area contributed by atoms with E-state index < -0.39 is 0 Å². The van der Waals surface area contributed by atoms with Crippen LogP contribution in [0.5, 0.6) is 5.75 Å². The number of ether oxygens (including phenoxy) is 1. The lowest BCUT2D eigenvalue weighted by atomic mass is 10.2. The number of aromatic nitrogens is 1. The summed E-state index contributed by atoms with van der Waals surface area (Å²) >= 11 is 1.79. The van der Waals surface area contributed by atoms with E-state index in [1.807, 2.05) is 12.1 Å². The molecule has 2 aromatic heterocycles. The Morgan fingerprint density at radius 3 is 2.70 bits per heavy atom. The van der Waals surface area contributed by atoms with Crippen LogP contribution in [0.25, 0.3) is 31.6 Å². The Morgan fingerprint density at radius 2 is 1.96 bits per heavy atom. The molecule has 116 valence electrons. The average Bonchev–Trinajstić information content (AvgIpc) is 3.12.